The average molecular weight is 392 g/mol. The molecule has 0 aromatic heterocycles. The maximum absolute atomic E-state index is 12.1. The van der Waals surface area contributed by atoms with Crippen molar-refractivity contribution in [2.75, 3.05) is 20.2 Å². The summed E-state index contributed by atoms with van der Waals surface area (Å²) in [6, 6.07) is 14.9. The van der Waals surface area contributed by atoms with E-state index in [1.165, 1.54) is 4.90 Å². The van der Waals surface area contributed by atoms with Crippen molar-refractivity contribution in [3.8, 4) is 5.75 Å². The molecule has 2 aromatic carbocycles. The lowest BCUT2D eigenvalue weighted by molar-refractivity contribution is -0.0959. The number of benzene rings is 2. The molecule has 1 N–H and O–H groups in total. The minimum atomic E-state index is -1.11. The highest BCUT2D eigenvalue weighted by atomic mass is 79.9. The molecule has 0 spiro atoms. The lowest BCUT2D eigenvalue weighted by atomic mass is 9.86. The number of methoxy groups -OCH3 is 1. The van der Waals surface area contributed by atoms with E-state index in [-0.39, 0.29) is 19.7 Å². The van der Waals surface area contributed by atoms with E-state index in [1.54, 1.807) is 19.2 Å². The van der Waals surface area contributed by atoms with Crippen LogP contribution in [0.1, 0.15) is 11.1 Å². The Morgan fingerprint density at radius 1 is 1.25 bits per heavy atom. The van der Waals surface area contributed by atoms with Crippen molar-refractivity contribution >= 4 is 22.0 Å². The van der Waals surface area contributed by atoms with Gasteiger partial charge in [-0.25, -0.2) is 4.79 Å². The second-order valence-corrected chi connectivity index (χ2v) is 6.69. The minimum Gasteiger partial charge on any atom is -0.496 e. The molecular formula is C18H18BrNO4. The third-order valence-electron chi connectivity index (χ3n) is 4.03. The smallest absolute Gasteiger partial charge is 0.410 e. The molecule has 0 atom stereocenters. The van der Waals surface area contributed by atoms with Gasteiger partial charge < -0.3 is 19.5 Å². The zero-order valence-electron chi connectivity index (χ0n) is 13.2. The number of aliphatic hydroxyl groups is 1. The van der Waals surface area contributed by atoms with Crippen LogP contribution in [0.25, 0.3) is 0 Å². The lowest BCUT2D eigenvalue weighted by Gasteiger charge is -2.46. The number of ether oxygens (including phenoxy) is 2. The van der Waals surface area contributed by atoms with Crippen LogP contribution >= 0.6 is 15.9 Å². The third kappa shape index (κ3) is 3.39. The molecule has 126 valence electrons. The average Bonchev–Trinajstić information content (AvgIpc) is 2.57. The number of hydrogen-bond donors (Lipinski definition) is 1. The van der Waals surface area contributed by atoms with Gasteiger partial charge in [0.25, 0.3) is 0 Å². The fourth-order valence-corrected chi connectivity index (χ4v) is 3.08. The number of nitrogens with zero attached hydrogens (tertiary/aromatic N) is 1. The molecule has 1 amide bonds. The number of β-amino-alcohol motifs (C(OH)–C–C–N with tert-alkyl or cyclic N) is 1. The molecule has 1 heterocycles. The molecule has 0 aliphatic carbocycles. The van der Waals surface area contributed by atoms with Crippen molar-refractivity contribution in [3.63, 3.8) is 0 Å². The van der Waals surface area contributed by atoms with Gasteiger partial charge in [0.15, 0.2) is 0 Å². The van der Waals surface area contributed by atoms with Crippen LogP contribution in [0.2, 0.25) is 0 Å². The number of amides is 1. The first kappa shape index (κ1) is 16.8. The van der Waals surface area contributed by atoms with Gasteiger partial charge >= 0.3 is 6.09 Å². The van der Waals surface area contributed by atoms with Crippen molar-refractivity contribution in [2.24, 2.45) is 0 Å². The summed E-state index contributed by atoms with van der Waals surface area (Å²) in [6.07, 6.45) is -0.431. The molecule has 6 heteroatoms. The summed E-state index contributed by atoms with van der Waals surface area (Å²) in [6.45, 7) is 0.577. The summed E-state index contributed by atoms with van der Waals surface area (Å²) in [5.74, 6) is 0.587. The van der Waals surface area contributed by atoms with Gasteiger partial charge in [-0.3, -0.25) is 0 Å². The Kier molecular flexibility index (Phi) is 4.78. The number of halogens is 1. The van der Waals surface area contributed by atoms with Crippen LogP contribution in [0, 0.1) is 0 Å². The van der Waals surface area contributed by atoms with Crippen molar-refractivity contribution in [2.45, 2.75) is 12.2 Å². The summed E-state index contributed by atoms with van der Waals surface area (Å²) in [4.78, 5) is 13.6. The first-order valence-electron chi connectivity index (χ1n) is 7.54. The normalized spacial score (nSPS) is 15.5. The lowest BCUT2D eigenvalue weighted by Crippen LogP contribution is -2.61. The zero-order valence-corrected chi connectivity index (χ0v) is 14.8. The van der Waals surface area contributed by atoms with Gasteiger partial charge in [0.05, 0.1) is 20.2 Å². The van der Waals surface area contributed by atoms with E-state index in [2.05, 4.69) is 15.9 Å². The van der Waals surface area contributed by atoms with E-state index in [9.17, 15) is 9.90 Å². The Morgan fingerprint density at radius 2 is 1.96 bits per heavy atom. The maximum atomic E-state index is 12.1. The minimum absolute atomic E-state index is 0.179. The molecule has 1 saturated heterocycles. The number of likely N-dealkylation sites (tertiary alicyclic amines) is 1. The quantitative estimate of drug-likeness (QED) is 0.868. The molecule has 0 bridgehead atoms. The van der Waals surface area contributed by atoms with E-state index in [0.29, 0.717) is 11.3 Å². The molecule has 1 fully saturated rings. The van der Waals surface area contributed by atoms with E-state index in [0.717, 1.165) is 10.0 Å². The van der Waals surface area contributed by atoms with Gasteiger partial charge in [0.1, 0.15) is 18.0 Å². The van der Waals surface area contributed by atoms with Gasteiger partial charge in [-0.1, -0.05) is 52.3 Å². The van der Waals surface area contributed by atoms with E-state index in [4.69, 9.17) is 9.47 Å². The molecule has 1 aliphatic rings. The highest BCUT2D eigenvalue weighted by Gasteiger charge is 2.47. The number of rotatable bonds is 4. The predicted molar refractivity (Wildman–Crippen MR) is 92.8 cm³/mol. The third-order valence-corrected chi connectivity index (χ3v) is 4.53. The summed E-state index contributed by atoms with van der Waals surface area (Å²) in [7, 11) is 1.55. The van der Waals surface area contributed by atoms with Gasteiger partial charge in [0, 0.05) is 10.0 Å². The Bertz CT molecular complexity index is 729. The molecule has 2 aromatic rings. The van der Waals surface area contributed by atoms with Crippen molar-refractivity contribution < 1.29 is 19.4 Å². The second kappa shape index (κ2) is 6.83. The van der Waals surface area contributed by atoms with Crippen LogP contribution in [-0.4, -0.2) is 36.3 Å². The molecule has 5 nitrogen and oxygen atoms in total. The first-order valence-corrected chi connectivity index (χ1v) is 8.33. The molecule has 0 radical (unpaired) electrons. The van der Waals surface area contributed by atoms with Crippen LogP contribution in [0.4, 0.5) is 4.79 Å². The summed E-state index contributed by atoms with van der Waals surface area (Å²) in [5, 5.41) is 10.7. The highest BCUT2D eigenvalue weighted by molar-refractivity contribution is 9.10. The van der Waals surface area contributed by atoms with Crippen LogP contribution in [0.5, 0.6) is 5.75 Å². The number of carbonyl (C=O) groups is 1. The Morgan fingerprint density at radius 3 is 2.62 bits per heavy atom. The molecule has 0 saturated carbocycles. The Balaban J connectivity index is 1.60. The van der Waals surface area contributed by atoms with Crippen LogP contribution in [0.3, 0.4) is 0 Å². The van der Waals surface area contributed by atoms with Gasteiger partial charge in [0.2, 0.25) is 0 Å². The first-order chi connectivity index (χ1) is 11.5. The van der Waals surface area contributed by atoms with Crippen LogP contribution < -0.4 is 4.74 Å². The van der Waals surface area contributed by atoms with E-state index >= 15 is 0 Å². The van der Waals surface area contributed by atoms with Gasteiger partial charge in [-0.15, -0.1) is 0 Å². The summed E-state index contributed by atoms with van der Waals surface area (Å²) < 4.78 is 11.5. The molecular weight excluding hydrogens is 374 g/mol. The van der Waals surface area contributed by atoms with Crippen molar-refractivity contribution in [1.82, 2.24) is 4.90 Å². The highest BCUT2D eigenvalue weighted by Crippen LogP contribution is 2.38. The number of carbonyl (C=O) groups excluding carboxylic acids is 1. The molecule has 0 unspecified atom stereocenters. The Hall–Kier alpha value is -2.05. The standard InChI is InChI=1S/C18H18BrNO4/c1-23-16-9-14(19)7-8-15(16)18(22)11-20(12-18)17(21)24-10-13-5-3-2-4-6-13/h2-9,22H,10-12H2,1H3. The maximum Gasteiger partial charge on any atom is 0.410 e. The molecule has 3 rings (SSSR count). The summed E-state index contributed by atoms with van der Waals surface area (Å²) >= 11 is 3.38. The van der Waals surface area contributed by atoms with E-state index in [1.807, 2.05) is 36.4 Å². The van der Waals surface area contributed by atoms with Crippen LogP contribution in [-0.2, 0) is 16.9 Å². The largest absolute Gasteiger partial charge is 0.496 e. The molecule has 24 heavy (non-hydrogen) atoms. The van der Waals surface area contributed by atoms with Gasteiger partial charge in [-0.05, 0) is 17.7 Å². The molecule has 1 aliphatic heterocycles. The Labute approximate surface area is 148 Å². The van der Waals surface area contributed by atoms with Crippen molar-refractivity contribution in [1.29, 1.82) is 0 Å². The summed E-state index contributed by atoms with van der Waals surface area (Å²) in [5.41, 5.74) is 0.481. The zero-order chi connectivity index (χ0) is 17.2. The fraction of sp³-hybridized carbons (Fsp3) is 0.278. The van der Waals surface area contributed by atoms with E-state index < -0.39 is 11.7 Å². The topological polar surface area (TPSA) is 59.0 Å². The second-order valence-electron chi connectivity index (χ2n) is 5.77. The van der Waals surface area contributed by atoms with Crippen LogP contribution in [0.15, 0.2) is 53.0 Å². The SMILES string of the molecule is COc1cc(Br)ccc1C1(O)CN(C(=O)OCc2ccccc2)C1. The van der Waals surface area contributed by atoms with Crippen molar-refractivity contribution in [3.05, 3.63) is 64.1 Å². The van der Waals surface area contributed by atoms with Gasteiger partial charge in [-0.2, -0.15) is 0 Å². The fourth-order valence-electron chi connectivity index (χ4n) is 2.74. The number of hydrogen-bond acceptors (Lipinski definition) is 4. The predicted octanol–water partition coefficient (Wildman–Crippen LogP) is 3.30. The monoisotopic (exact) mass is 391 g/mol.